The minimum atomic E-state index is -0.0886. The highest BCUT2D eigenvalue weighted by atomic mass is 16.5. The zero-order chi connectivity index (χ0) is 17.6. The SMILES string of the molecule is CO[C@@H]1C[C@@H](c2nc(C)c(C)[nH]2)N(C(=O)c2ccc3c(c2)COC3)C1. The number of methoxy groups -OCH3 is 1. The first kappa shape index (κ1) is 16.3. The van der Waals surface area contributed by atoms with Gasteiger partial charge in [-0.15, -0.1) is 0 Å². The van der Waals surface area contributed by atoms with E-state index in [0.717, 1.165) is 29.2 Å². The summed E-state index contributed by atoms with van der Waals surface area (Å²) in [7, 11) is 1.70. The smallest absolute Gasteiger partial charge is 0.254 e. The molecule has 1 fully saturated rings. The lowest BCUT2D eigenvalue weighted by Gasteiger charge is -2.23. The van der Waals surface area contributed by atoms with Gasteiger partial charge < -0.3 is 19.4 Å². The Morgan fingerprint density at radius 1 is 1.32 bits per heavy atom. The number of aromatic nitrogens is 2. The number of rotatable bonds is 3. The van der Waals surface area contributed by atoms with Crippen molar-refractivity contribution in [3.05, 3.63) is 52.1 Å². The molecule has 1 aromatic heterocycles. The summed E-state index contributed by atoms with van der Waals surface area (Å²) in [5, 5.41) is 0. The number of aryl methyl sites for hydroxylation is 2. The topological polar surface area (TPSA) is 67.5 Å². The molecule has 25 heavy (non-hydrogen) atoms. The van der Waals surface area contributed by atoms with Gasteiger partial charge in [0.2, 0.25) is 0 Å². The maximum atomic E-state index is 13.2. The summed E-state index contributed by atoms with van der Waals surface area (Å²) < 4.78 is 11.0. The molecule has 3 heterocycles. The van der Waals surface area contributed by atoms with Crippen molar-refractivity contribution in [3.8, 4) is 0 Å². The van der Waals surface area contributed by atoms with E-state index < -0.39 is 0 Å². The van der Waals surface area contributed by atoms with Gasteiger partial charge in [0.15, 0.2) is 0 Å². The van der Waals surface area contributed by atoms with Crippen LogP contribution in [0.25, 0.3) is 0 Å². The normalized spacial score (nSPS) is 22.4. The van der Waals surface area contributed by atoms with Crippen LogP contribution in [0.1, 0.15) is 51.2 Å². The third-order valence-electron chi connectivity index (χ3n) is 5.29. The van der Waals surface area contributed by atoms with E-state index >= 15 is 0 Å². The molecule has 0 aliphatic carbocycles. The van der Waals surface area contributed by atoms with Gasteiger partial charge in [-0.3, -0.25) is 4.79 Å². The number of carbonyl (C=O) groups is 1. The van der Waals surface area contributed by atoms with Gasteiger partial charge in [0.05, 0.1) is 31.1 Å². The van der Waals surface area contributed by atoms with Crippen LogP contribution in [0.2, 0.25) is 0 Å². The van der Waals surface area contributed by atoms with Gasteiger partial charge in [0.1, 0.15) is 5.82 Å². The van der Waals surface area contributed by atoms with Crippen LogP contribution in [-0.2, 0) is 22.7 Å². The number of fused-ring (bicyclic) bond motifs is 1. The second-order valence-electron chi connectivity index (χ2n) is 6.88. The first-order valence-electron chi connectivity index (χ1n) is 8.63. The average Bonchev–Trinajstić information content (AvgIpc) is 3.32. The molecule has 2 aliphatic heterocycles. The molecular formula is C19H23N3O3. The number of ether oxygens (including phenoxy) is 2. The van der Waals surface area contributed by atoms with Crippen LogP contribution in [0.3, 0.4) is 0 Å². The van der Waals surface area contributed by atoms with E-state index in [-0.39, 0.29) is 18.1 Å². The number of hydrogen-bond donors (Lipinski definition) is 1. The second-order valence-corrected chi connectivity index (χ2v) is 6.88. The molecule has 2 aromatic rings. The lowest BCUT2D eigenvalue weighted by atomic mass is 10.1. The van der Waals surface area contributed by atoms with Crippen molar-refractivity contribution in [1.82, 2.24) is 14.9 Å². The van der Waals surface area contributed by atoms with E-state index in [4.69, 9.17) is 9.47 Å². The molecule has 1 saturated heterocycles. The first-order chi connectivity index (χ1) is 12.1. The minimum absolute atomic E-state index is 0.0194. The molecule has 2 aliphatic rings. The van der Waals surface area contributed by atoms with Crippen molar-refractivity contribution in [2.24, 2.45) is 0 Å². The molecule has 2 atom stereocenters. The van der Waals surface area contributed by atoms with Gasteiger partial charge in [0, 0.05) is 31.3 Å². The molecule has 0 unspecified atom stereocenters. The van der Waals surface area contributed by atoms with Crippen LogP contribution in [0, 0.1) is 13.8 Å². The molecule has 132 valence electrons. The van der Waals surface area contributed by atoms with E-state index in [9.17, 15) is 4.79 Å². The summed E-state index contributed by atoms with van der Waals surface area (Å²) in [6.07, 6.45) is 0.778. The fourth-order valence-corrected chi connectivity index (χ4v) is 3.66. The number of nitrogens with zero attached hydrogens (tertiary/aromatic N) is 2. The highest BCUT2D eigenvalue weighted by molar-refractivity contribution is 5.95. The Bertz CT molecular complexity index is 795. The summed E-state index contributed by atoms with van der Waals surface area (Å²) >= 11 is 0. The molecule has 0 bridgehead atoms. The molecule has 4 rings (SSSR count). The van der Waals surface area contributed by atoms with Crippen LogP contribution in [-0.4, -0.2) is 40.5 Å². The Balaban J connectivity index is 1.65. The van der Waals surface area contributed by atoms with Crippen molar-refractivity contribution >= 4 is 5.91 Å². The molecule has 1 aromatic carbocycles. The summed E-state index contributed by atoms with van der Waals surface area (Å²) in [5.41, 5.74) is 4.98. The molecule has 6 heteroatoms. The quantitative estimate of drug-likeness (QED) is 0.932. The molecule has 6 nitrogen and oxygen atoms in total. The molecule has 1 amide bonds. The second kappa shape index (κ2) is 6.28. The maximum Gasteiger partial charge on any atom is 0.254 e. The third-order valence-corrected chi connectivity index (χ3v) is 5.29. The monoisotopic (exact) mass is 341 g/mol. The van der Waals surface area contributed by atoms with Crippen LogP contribution in [0.15, 0.2) is 18.2 Å². The summed E-state index contributed by atoms with van der Waals surface area (Å²) in [5.74, 6) is 0.860. The van der Waals surface area contributed by atoms with Crippen molar-refractivity contribution in [1.29, 1.82) is 0 Å². The van der Waals surface area contributed by atoms with Crippen LogP contribution in [0.4, 0.5) is 0 Å². The Hall–Kier alpha value is -2.18. The standard InChI is InChI=1S/C19H23N3O3/c1-11-12(2)21-18(20-11)17-7-16(24-3)8-22(17)19(23)13-4-5-14-9-25-10-15(14)6-13/h4-6,16-17H,7-10H2,1-3H3,(H,20,21)/t16-,17+/m1/s1. The summed E-state index contributed by atoms with van der Waals surface area (Å²) in [6, 6.07) is 5.76. The van der Waals surface area contributed by atoms with E-state index in [1.54, 1.807) is 7.11 Å². The highest BCUT2D eigenvalue weighted by Crippen LogP contribution is 2.34. The number of H-pyrrole nitrogens is 1. The maximum absolute atomic E-state index is 13.2. The Labute approximate surface area is 147 Å². The summed E-state index contributed by atoms with van der Waals surface area (Å²) in [4.78, 5) is 23.0. The minimum Gasteiger partial charge on any atom is -0.380 e. The van der Waals surface area contributed by atoms with E-state index in [1.807, 2.05) is 36.9 Å². The number of amides is 1. The summed E-state index contributed by atoms with van der Waals surface area (Å²) in [6.45, 7) is 5.77. The van der Waals surface area contributed by atoms with Crippen molar-refractivity contribution in [3.63, 3.8) is 0 Å². The molecule has 0 saturated carbocycles. The Kier molecular flexibility index (Phi) is 4.09. The molecule has 0 spiro atoms. The van der Waals surface area contributed by atoms with Gasteiger partial charge in [-0.1, -0.05) is 6.07 Å². The predicted octanol–water partition coefficient (Wildman–Crippen LogP) is 2.66. The lowest BCUT2D eigenvalue weighted by Crippen LogP contribution is -2.32. The number of nitrogens with one attached hydrogen (secondary N) is 1. The van der Waals surface area contributed by atoms with Crippen LogP contribution < -0.4 is 0 Å². The third kappa shape index (κ3) is 2.85. The highest BCUT2D eigenvalue weighted by Gasteiger charge is 2.38. The largest absolute Gasteiger partial charge is 0.380 e. The first-order valence-corrected chi connectivity index (χ1v) is 8.63. The fraction of sp³-hybridized carbons (Fsp3) is 0.474. The number of likely N-dealkylation sites (tertiary alicyclic amines) is 1. The Morgan fingerprint density at radius 3 is 2.84 bits per heavy atom. The van der Waals surface area contributed by atoms with Gasteiger partial charge >= 0.3 is 0 Å². The van der Waals surface area contributed by atoms with E-state index in [0.29, 0.717) is 25.3 Å². The van der Waals surface area contributed by atoms with Crippen molar-refractivity contribution < 1.29 is 14.3 Å². The van der Waals surface area contributed by atoms with E-state index in [1.165, 1.54) is 5.56 Å². The average molecular weight is 341 g/mol. The number of benzene rings is 1. The van der Waals surface area contributed by atoms with Crippen LogP contribution in [0.5, 0.6) is 0 Å². The lowest BCUT2D eigenvalue weighted by molar-refractivity contribution is 0.0684. The predicted molar refractivity (Wildman–Crippen MR) is 92.2 cm³/mol. The fourth-order valence-electron chi connectivity index (χ4n) is 3.66. The number of carbonyl (C=O) groups excluding carboxylic acids is 1. The zero-order valence-electron chi connectivity index (χ0n) is 14.8. The van der Waals surface area contributed by atoms with Gasteiger partial charge in [-0.2, -0.15) is 0 Å². The van der Waals surface area contributed by atoms with Gasteiger partial charge in [-0.05, 0) is 37.1 Å². The van der Waals surface area contributed by atoms with Crippen molar-refractivity contribution in [2.75, 3.05) is 13.7 Å². The number of hydrogen-bond acceptors (Lipinski definition) is 4. The van der Waals surface area contributed by atoms with Crippen LogP contribution >= 0.6 is 0 Å². The number of imidazole rings is 1. The van der Waals surface area contributed by atoms with E-state index in [2.05, 4.69) is 9.97 Å². The Morgan fingerprint density at radius 2 is 2.12 bits per heavy atom. The molecule has 0 radical (unpaired) electrons. The molecule has 1 N–H and O–H groups in total. The zero-order valence-corrected chi connectivity index (χ0v) is 14.8. The van der Waals surface area contributed by atoms with Crippen molar-refractivity contribution in [2.45, 2.75) is 45.6 Å². The van der Waals surface area contributed by atoms with Gasteiger partial charge in [0.25, 0.3) is 5.91 Å². The van der Waals surface area contributed by atoms with Gasteiger partial charge in [-0.25, -0.2) is 4.98 Å². The number of aromatic amines is 1. The molecular weight excluding hydrogens is 318 g/mol.